The van der Waals surface area contributed by atoms with Crippen molar-refractivity contribution in [1.29, 1.82) is 0 Å². The molecule has 0 spiro atoms. The topological polar surface area (TPSA) is 29.5 Å². The van der Waals surface area contributed by atoms with E-state index < -0.39 is 0 Å². The minimum absolute atomic E-state index is 0.356. The predicted molar refractivity (Wildman–Crippen MR) is 64.8 cm³/mol. The summed E-state index contributed by atoms with van der Waals surface area (Å²) in [7, 11) is 1.70. The molecule has 1 aromatic rings. The van der Waals surface area contributed by atoms with Gasteiger partial charge < -0.3 is 9.84 Å². The molecule has 0 amide bonds. The summed E-state index contributed by atoms with van der Waals surface area (Å²) in [6.07, 6.45) is 4.73. The number of rotatable bonds is 3. The largest absolute Gasteiger partial charge is 0.497 e. The number of methoxy groups -OCH3 is 1. The zero-order valence-electron chi connectivity index (χ0n) is 9.86. The Kier molecular flexibility index (Phi) is 3.83. The van der Waals surface area contributed by atoms with Crippen molar-refractivity contribution in [2.75, 3.05) is 13.7 Å². The zero-order chi connectivity index (χ0) is 11.4. The molecular formula is C14H20O2. The van der Waals surface area contributed by atoms with Crippen LogP contribution in [0.15, 0.2) is 24.3 Å². The van der Waals surface area contributed by atoms with Crippen molar-refractivity contribution >= 4 is 0 Å². The standard InChI is InChI=1S/C14H20O2/c1-16-14-8-6-13(7-9-14)12-4-2-11(10-15)3-5-12/h6-9,11-12,15H,2-5,10H2,1H3. The van der Waals surface area contributed by atoms with Gasteiger partial charge in [0.05, 0.1) is 7.11 Å². The second-order valence-corrected chi connectivity index (χ2v) is 4.67. The molecule has 0 heterocycles. The molecule has 0 atom stereocenters. The average molecular weight is 220 g/mol. The van der Waals surface area contributed by atoms with E-state index in [4.69, 9.17) is 9.84 Å². The number of hydrogen-bond acceptors (Lipinski definition) is 2. The van der Waals surface area contributed by atoms with Gasteiger partial charge in [-0.1, -0.05) is 12.1 Å². The van der Waals surface area contributed by atoms with Crippen molar-refractivity contribution in [3.05, 3.63) is 29.8 Å². The summed E-state index contributed by atoms with van der Waals surface area (Å²) in [4.78, 5) is 0. The van der Waals surface area contributed by atoms with Crippen molar-refractivity contribution in [3.63, 3.8) is 0 Å². The van der Waals surface area contributed by atoms with Crippen LogP contribution < -0.4 is 4.74 Å². The molecule has 0 aromatic heterocycles. The summed E-state index contributed by atoms with van der Waals surface area (Å²) in [5, 5.41) is 9.10. The summed E-state index contributed by atoms with van der Waals surface area (Å²) < 4.78 is 5.16. The van der Waals surface area contributed by atoms with Gasteiger partial charge in [-0.15, -0.1) is 0 Å². The first-order chi connectivity index (χ1) is 7.83. The number of aliphatic hydroxyl groups is 1. The lowest BCUT2D eigenvalue weighted by molar-refractivity contribution is 0.182. The van der Waals surface area contributed by atoms with E-state index in [0.717, 1.165) is 18.6 Å². The first-order valence-corrected chi connectivity index (χ1v) is 6.08. The Morgan fingerprint density at radius 3 is 2.25 bits per heavy atom. The Hall–Kier alpha value is -1.02. The Morgan fingerprint density at radius 1 is 1.12 bits per heavy atom. The van der Waals surface area contributed by atoms with Crippen LogP contribution in [0, 0.1) is 5.92 Å². The van der Waals surface area contributed by atoms with E-state index in [1.165, 1.54) is 18.4 Å². The fourth-order valence-electron chi connectivity index (χ4n) is 2.55. The van der Waals surface area contributed by atoms with Crippen molar-refractivity contribution in [1.82, 2.24) is 0 Å². The summed E-state index contributed by atoms with van der Waals surface area (Å²) in [5.74, 6) is 2.14. The molecule has 1 saturated carbocycles. The molecule has 2 rings (SSSR count). The van der Waals surface area contributed by atoms with Crippen LogP contribution in [0.3, 0.4) is 0 Å². The fourth-order valence-corrected chi connectivity index (χ4v) is 2.55. The van der Waals surface area contributed by atoms with E-state index in [-0.39, 0.29) is 0 Å². The smallest absolute Gasteiger partial charge is 0.118 e. The van der Waals surface area contributed by atoms with E-state index in [0.29, 0.717) is 18.4 Å². The lowest BCUT2D eigenvalue weighted by atomic mass is 9.79. The average Bonchev–Trinajstić information content (AvgIpc) is 2.39. The normalized spacial score (nSPS) is 25.4. The molecular weight excluding hydrogens is 200 g/mol. The van der Waals surface area contributed by atoms with Gasteiger partial charge in [-0.05, 0) is 55.2 Å². The summed E-state index contributed by atoms with van der Waals surface area (Å²) >= 11 is 0. The highest BCUT2D eigenvalue weighted by Gasteiger charge is 2.21. The van der Waals surface area contributed by atoms with Gasteiger partial charge in [0, 0.05) is 6.61 Å². The Balaban J connectivity index is 1.97. The van der Waals surface area contributed by atoms with Crippen LogP contribution in [0.1, 0.15) is 37.2 Å². The third kappa shape index (κ3) is 2.56. The zero-order valence-corrected chi connectivity index (χ0v) is 9.86. The maximum Gasteiger partial charge on any atom is 0.118 e. The van der Waals surface area contributed by atoms with Crippen LogP contribution in [-0.4, -0.2) is 18.8 Å². The highest BCUT2D eigenvalue weighted by atomic mass is 16.5. The summed E-state index contributed by atoms with van der Waals surface area (Å²) in [5.41, 5.74) is 1.41. The molecule has 1 fully saturated rings. The number of benzene rings is 1. The fraction of sp³-hybridized carbons (Fsp3) is 0.571. The van der Waals surface area contributed by atoms with Crippen molar-refractivity contribution in [3.8, 4) is 5.75 Å². The third-order valence-electron chi connectivity index (χ3n) is 3.69. The molecule has 16 heavy (non-hydrogen) atoms. The SMILES string of the molecule is COc1ccc(C2CCC(CO)CC2)cc1. The van der Waals surface area contributed by atoms with Gasteiger partial charge in [-0.2, -0.15) is 0 Å². The highest BCUT2D eigenvalue weighted by molar-refractivity contribution is 5.29. The Bertz CT molecular complexity index is 310. The summed E-state index contributed by atoms with van der Waals surface area (Å²) in [6, 6.07) is 8.41. The van der Waals surface area contributed by atoms with Gasteiger partial charge in [0.1, 0.15) is 5.75 Å². The lowest BCUT2D eigenvalue weighted by Gasteiger charge is -2.27. The lowest BCUT2D eigenvalue weighted by Crippen LogP contribution is -2.15. The van der Waals surface area contributed by atoms with Crippen molar-refractivity contribution < 1.29 is 9.84 Å². The molecule has 1 N–H and O–H groups in total. The Morgan fingerprint density at radius 2 is 1.75 bits per heavy atom. The number of hydrogen-bond donors (Lipinski definition) is 1. The molecule has 0 radical (unpaired) electrons. The van der Waals surface area contributed by atoms with Crippen LogP contribution in [-0.2, 0) is 0 Å². The van der Waals surface area contributed by atoms with Gasteiger partial charge in [0.15, 0.2) is 0 Å². The van der Waals surface area contributed by atoms with Crippen LogP contribution in [0.2, 0.25) is 0 Å². The van der Waals surface area contributed by atoms with Gasteiger partial charge >= 0.3 is 0 Å². The predicted octanol–water partition coefficient (Wildman–Crippen LogP) is 2.96. The van der Waals surface area contributed by atoms with Crippen LogP contribution >= 0.6 is 0 Å². The van der Waals surface area contributed by atoms with E-state index in [9.17, 15) is 0 Å². The molecule has 2 heteroatoms. The van der Waals surface area contributed by atoms with Crippen LogP contribution in [0.4, 0.5) is 0 Å². The second kappa shape index (κ2) is 5.35. The molecule has 0 bridgehead atoms. The van der Waals surface area contributed by atoms with E-state index in [1.54, 1.807) is 7.11 Å². The maximum absolute atomic E-state index is 9.10. The van der Waals surface area contributed by atoms with Crippen LogP contribution in [0.25, 0.3) is 0 Å². The monoisotopic (exact) mass is 220 g/mol. The highest BCUT2D eigenvalue weighted by Crippen LogP contribution is 2.35. The van der Waals surface area contributed by atoms with Gasteiger partial charge in [0.2, 0.25) is 0 Å². The first kappa shape index (κ1) is 11.5. The molecule has 0 aliphatic heterocycles. The molecule has 1 aliphatic carbocycles. The molecule has 0 saturated heterocycles. The molecule has 0 unspecified atom stereocenters. The molecule has 1 aromatic carbocycles. The van der Waals surface area contributed by atoms with E-state index in [2.05, 4.69) is 12.1 Å². The maximum atomic E-state index is 9.10. The van der Waals surface area contributed by atoms with Crippen molar-refractivity contribution in [2.24, 2.45) is 5.92 Å². The minimum atomic E-state index is 0.356. The minimum Gasteiger partial charge on any atom is -0.497 e. The summed E-state index contributed by atoms with van der Waals surface area (Å²) in [6.45, 7) is 0.356. The molecule has 88 valence electrons. The number of aliphatic hydroxyl groups excluding tert-OH is 1. The van der Waals surface area contributed by atoms with E-state index in [1.807, 2.05) is 12.1 Å². The molecule has 1 aliphatic rings. The second-order valence-electron chi connectivity index (χ2n) is 4.67. The van der Waals surface area contributed by atoms with E-state index >= 15 is 0 Å². The van der Waals surface area contributed by atoms with Crippen LogP contribution in [0.5, 0.6) is 5.75 Å². The van der Waals surface area contributed by atoms with Gasteiger partial charge in [-0.25, -0.2) is 0 Å². The number of ether oxygens (including phenoxy) is 1. The van der Waals surface area contributed by atoms with Crippen molar-refractivity contribution in [2.45, 2.75) is 31.6 Å². The molecule has 2 nitrogen and oxygen atoms in total. The third-order valence-corrected chi connectivity index (χ3v) is 3.69. The quantitative estimate of drug-likeness (QED) is 0.848. The Labute approximate surface area is 97.3 Å². The van der Waals surface area contributed by atoms with Gasteiger partial charge in [-0.3, -0.25) is 0 Å². The first-order valence-electron chi connectivity index (χ1n) is 6.08. The van der Waals surface area contributed by atoms with Gasteiger partial charge in [0.25, 0.3) is 0 Å².